The molecule has 1 heterocycles. The van der Waals surface area contributed by atoms with Crippen LogP contribution in [0.4, 0.5) is 0 Å². The summed E-state index contributed by atoms with van der Waals surface area (Å²) >= 11 is 0. The van der Waals surface area contributed by atoms with Gasteiger partial charge < -0.3 is 10.6 Å². The summed E-state index contributed by atoms with van der Waals surface area (Å²) in [5, 5.41) is 0. The van der Waals surface area contributed by atoms with Gasteiger partial charge in [0, 0.05) is 6.54 Å². The van der Waals surface area contributed by atoms with E-state index in [0.717, 1.165) is 25.9 Å². The van der Waals surface area contributed by atoms with Crippen LogP contribution in [0.15, 0.2) is 0 Å². The van der Waals surface area contributed by atoms with Crippen LogP contribution >= 0.6 is 0 Å². The number of hydrogen-bond acceptors (Lipinski definition) is 4. The van der Waals surface area contributed by atoms with Crippen molar-refractivity contribution in [3.63, 3.8) is 0 Å². The van der Waals surface area contributed by atoms with Gasteiger partial charge in [-0.3, -0.25) is 10.2 Å². The molecule has 13 heavy (non-hydrogen) atoms. The maximum atomic E-state index is 11.0. The molecule has 1 aliphatic rings. The first kappa shape index (κ1) is 10.4. The van der Waals surface area contributed by atoms with E-state index in [1.165, 1.54) is 0 Å². The molecule has 2 atom stereocenters. The van der Waals surface area contributed by atoms with Gasteiger partial charge in [0.2, 0.25) is 0 Å². The predicted octanol–water partition coefficient (Wildman–Crippen LogP) is -1.35. The minimum absolute atomic E-state index is 0.269. The maximum Gasteiger partial charge on any atom is 0.250 e. The van der Waals surface area contributed by atoms with E-state index in [1.807, 2.05) is 0 Å². The van der Waals surface area contributed by atoms with Gasteiger partial charge in [0.1, 0.15) is 0 Å². The van der Waals surface area contributed by atoms with Crippen LogP contribution < -0.4 is 17.0 Å². The van der Waals surface area contributed by atoms with Gasteiger partial charge in [0.15, 0.2) is 0 Å². The summed E-state index contributed by atoms with van der Waals surface area (Å²) in [7, 11) is 2.08. The second kappa shape index (κ2) is 4.55. The number of nitrogens with one attached hydrogen (secondary N) is 1. The van der Waals surface area contributed by atoms with E-state index in [0.29, 0.717) is 5.92 Å². The second-order valence-corrected chi connectivity index (χ2v) is 3.77. The monoisotopic (exact) mass is 186 g/mol. The lowest BCUT2D eigenvalue weighted by Crippen LogP contribution is -2.45. The predicted molar refractivity (Wildman–Crippen MR) is 50.5 cm³/mol. The van der Waals surface area contributed by atoms with Crippen molar-refractivity contribution >= 4 is 5.91 Å². The molecule has 0 radical (unpaired) electrons. The lowest BCUT2D eigenvalue weighted by atomic mass is 9.99. The number of nitrogens with two attached hydrogens (primary N) is 2. The molecule has 0 spiro atoms. The number of nitrogens with zero attached hydrogens (tertiary/aromatic N) is 1. The molecule has 2 unspecified atom stereocenters. The van der Waals surface area contributed by atoms with Gasteiger partial charge >= 0.3 is 0 Å². The van der Waals surface area contributed by atoms with Crippen molar-refractivity contribution in [2.24, 2.45) is 17.5 Å². The molecule has 1 fully saturated rings. The molecule has 76 valence electrons. The molecule has 1 aliphatic heterocycles. The third-order valence-corrected chi connectivity index (χ3v) is 2.56. The summed E-state index contributed by atoms with van der Waals surface area (Å²) in [6.45, 7) is 2.13. The van der Waals surface area contributed by atoms with E-state index in [2.05, 4.69) is 17.4 Å². The Hall–Kier alpha value is -0.650. The van der Waals surface area contributed by atoms with Crippen LogP contribution in [-0.4, -0.2) is 37.0 Å². The number of rotatable bonds is 3. The first-order chi connectivity index (χ1) is 6.13. The number of carbonyl (C=O) groups excluding carboxylic acids is 1. The van der Waals surface area contributed by atoms with Crippen LogP contribution in [0.2, 0.25) is 0 Å². The quantitative estimate of drug-likeness (QED) is 0.289. The van der Waals surface area contributed by atoms with Crippen LogP contribution in [-0.2, 0) is 4.79 Å². The first-order valence-electron chi connectivity index (χ1n) is 4.58. The summed E-state index contributed by atoms with van der Waals surface area (Å²) in [5.41, 5.74) is 7.71. The minimum atomic E-state index is -0.457. The fraction of sp³-hybridized carbons (Fsp3) is 0.875. The summed E-state index contributed by atoms with van der Waals surface area (Å²) in [6.07, 6.45) is 1.86. The second-order valence-electron chi connectivity index (χ2n) is 3.77. The highest BCUT2D eigenvalue weighted by atomic mass is 16.2. The maximum absolute atomic E-state index is 11.0. The Bertz CT molecular complexity index is 185. The van der Waals surface area contributed by atoms with Gasteiger partial charge in [0.05, 0.1) is 6.04 Å². The van der Waals surface area contributed by atoms with Crippen molar-refractivity contribution in [1.82, 2.24) is 10.3 Å². The Balaban J connectivity index is 2.28. The fourth-order valence-corrected chi connectivity index (χ4v) is 1.79. The molecule has 1 rings (SSSR count). The average Bonchev–Trinajstić information content (AvgIpc) is 2.49. The number of carbonyl (C=O) groups is 1. The van der Waals surface area contributed by atoms with Gasteiger partial charge in [-0.1, -0.05) is 0 Å². The summed E-state index contributed by atoms with van der Waals surface area (Å²) in [4.78, 5) is 13.3. The van der Waals surface area contributed by atoms with Crippen LogP contribution in [0.3, 0.4) is 0 Å². The minimum Gasteiger partial charge on any atom is -0.320 e. The molecular weight excluding hydrogens is 168 g/mol. The Labute approximate surface area is 78.4 Å². The van der Waals surface area contributed by atoms with Gasteiger partial charge in [0.25, 0.3) is 5.91 Å². The first-order valence-corrected chi connectivity index (χ1v) is 4.58. The van der Waals surface area contributed by atoms with Crippen LogP contribution in [0.5, 0.6) is 0 Å². The Morgan fingerprint density at radius 3 is 2.92 bits per heavy atom. The van der Waals surface area contributed by atoms with Gasteiger partial charge in [-0.15, -0.1) is 0 Å². The fourth-order valence-electron chi connectivity index (χ4n) is 1.79. The third kappa shape index (κ3) is 2.95. The highest BCUT2D eigenvalue weighted by molar-refractivity contribution is 5.80. The average molecular weight is 186 g/mol. The molecule has 0 aromatic heterocycles. The van der Waals surface area contributed by atoms with Gasteiger partial charge in [-0.2, -0.15) is 0 Å². The summed E-state index contributed by atoms with van der Waals surface area (Å²) < 4.78 is 0. The Morgan fingerprint density at radius 1 is 1.77 bits per heavy atom. The van der Waals surface area contributed by atoms with E-state index in [1.54, 1.807) is 0 Å². The van der Waals surface area contributed by atoms with Crippen molar-refractivity contribution in [3.05, 3.63) is 0 Å². The Morgan fingerprint density at radius 2 is 2.46 bits per heavy atom. The highest BCUT2D eigenvalue weighted by Crippen LogP contribution is 2.18. The van der Waals surface area contributed by atoms with Crippen molar-refractivity contribution in [2.45, 2.75) is 18.9 Å². The van der Waals surface area contributed by atoms with Crippen molar-refractivity contribution in [3.8, 4) is 0 Å². The van der Waals surface area contributed by atoms with E-state index >= 15 is 0 Å². The molecule has 0 aromatic rings. The largest absolute Gasteiger partial charge is 0.320 e. The smallest absolute Gasteiger partial charge is 0.250 e. The SMILES string of the molecule is CN1CCC(CC(N)C(=O)NN)C1. The summed E-state index contributed by atoms with van der Waals surface area (Å²) in [5.74, 6) is 5.25. The van der Waals surface area contributed by atoms with Gasteiger partial charge in [-0.05, 0) is 32.4 Å². The van der Waals surface area contributed by atoms with Crippen molar-refractivity contribution < 1.29 is 4.79 Å². The van der Waals surface area contributed by atoms with Gasteiger partial charge in [-0.25, -0.2) is 5.84 Å². The molecule has 5 heteroatoms. The highest BCUT2D eigenvalue weighted by Gasteiger charge is 2.24. The number of hydrogen-bond donors (Lipinski definition) is 3. The summed E-state index contributed by atoms with van der Waals surface area (Å²) in [6, 6.07) is -0.457. The molecule has 5 nitrogen and oxygen atoms in total. The third-order valence-electron chi connectivity index (χ3n) is 2.56. The van der Waals surface area contributed by atoms with E-state index in [-0.39, 0.29) is 5.91 Å². The molecule has 0 bridgehead atoms. The van der Waals surface area contributed by atoms with Crippen molar-refractivity contribution in [1.29, 1.82) is 0 Å². The lowest BCUT2D eigenvalue weighted by molar-refractivity contribution is -0.122. The number of likely N-dealkylation sites (tertiary alicyclic amines) is 1. The van der Waals surface area contributed by atoms with Crippen LogP contribution in [0, 0.1) is 5.92 Å². The van der Waals surface area contributed by atoms with E-state index in [4.69, 9.17) is 11.6 Å². The molecule has 0 aromatic carbocycles. The molecular formula is C8H18N4O. The Kier molecular flexibility index (Phi) is 3.65. The van der Waals surface area contributed by atoms with Crippen LogP contribution in [0.1, 0.15) is 12.8 Å². The molecule has 5 N–H and O–H groups in total. The van der Waals surface area contributed by atoms with Crippen LogP contribution in [0.25, 0.3) is 0 Å². The molecule has 1 saturated heterocycles. The van der Waals surface area contributed by atoms with E-state index in [9.17, 15) is 4.79 Å². The topological polar surface area (TPSA) is 84.4 Å². The standard InChI is InChI=1S/C8H18N4O/c1-12-3-2-6(5-12)4-7(9)8(13)11-10/h6-7H,2-5,9-10H2,1H3,(H,11,13). The number of amides is 1. The lowest BCUT2D eigenvalue weighted by Gasteiger charge is -2.14. The zero-order chi connectivity index (χ0) is 9.84. The molecule has 0 saturated carbocycles. The normalized spacial score (nSPS) is 25.9. The van der Waals surface area contributed by atoms with Crippen molar-refractivity contribution in [2.75, 3.05) is 20.1 Å². The molecule has 0 aliphatic carbocycles. The van der Waals surface area contributed by atoms with E-state index < -0.39 is 6.04 Å². The zero-order valence-electron chi connectivity index (χ0n) is 7.99. The molecule has 1 amide bonds. The zero-order valence-corrected chi connectivity index (χ0v) is 7.99. The number of hydrazine groups is 1.